The predicted molar refractivity (Wildman–Crippen MR) is 75.6 cm³/mol. The van der Waals surface area contributed by atoms with E-state index in [0.717, 1.165) is 5.56 Å². The molecule has 0 N–H and O–H groups in total. The number of hydrogen-bond donors (Lipinski definition) is 0. The largest absolute Gasteiger partial charge is 0.497 e. The fourth-order valence-electron chi connectivity index (χ4n) is 1.70. The second-order valence-corrected chi connectivity index (χ2v) is 4.43. The van der Waals surface area contributed by atoms with Gasteiger partial charge in [-0.15, -0.1) is 0 Å². The third kappa shape index (κ3) is 3.51. The fourth-order valence-corrected chi connectivity index (χ4v) is 1.80. The van der Waals surface area contributed by atoms with Gasteiger partial charge in [-0.25, -0.2) is 9.97 Å². The first kappa shape index (κ1) is 14.4. The number of aromatic nitrogens is 2. The molecule has 6 heteroatoms. The Morgan fingerprint density at radius 2 is 1.50 bits per heavy atom. The van der Waals surface area contributed by atoms with Crippen LogP contribution in [0.5, 0.6) is 17.2 Å². The Hall–Kier alpha value is -2.01. The highest BCUT2D eigenvalue weighted by Crippen LogP contribution is 2.28. The number of halogens is 1. The number of methoxy groups -OCH3 is 2. The van der Waals surface area contributed by atoms with Crippen LogP contribution >= 0.6 is 11.6 Å². The molecule has 0 saturated carbocycles. The Labute approximate surface area is 122 Å². The molecule has 0 aliphatic heterocycles. The van der Waals surface area contributed by atoms with E-state index in [0.29, 0.717) is 17.2 Å². The van der Waals surface area contributed by atoms with Gasteiger partial charge in [-0.05, 0) is 36.2 Å². The van der Waals surface area contributed by atoms with E-state index >= 15 is 0 Å². The maximum absolute atomic E-state index is 5.76. The highest BCUT2D eigenvalue weighted by molar-refractivity contribution is 6.28. The van der Waals surface area contributed by atoms with E-state index in [1.807, 2.05) is 25.1 Å². The number of benzene rings is 1. The summed E-state index contributed by atoms with van der Waals surface area (Å²) < 4.78 is 16.2. The van der Waals surface area contributed by atoms with Crippen molar-refractivity contribution in [3.8, 4) is 17.2 Å². The minimum absolute atomic E-state index is 0.188. The van der Waals surface area contributed by atoms with Gasteiger partial charge >= 0.3 is 0 Å². The summed E-state index contributed by atoms with van der Waals surface area (Å²) >= 11 is 5.63. The van der Waals surface area contributed by atoms with Gasteiger partial charge in [0.1, 0.15) is 17.6 Å². The van der Waals surface area contributed by atoms with E-state index in [1.165, 1.54) is 12.4 Å². The molecule has 1 aromatic heterocycles. The first-order valence-electron chi connectivity index (χ1n) is 5.99. The van der Waals surface area contributed by atoms with E-state index in [9.17, 15) is 0 Å². The van der Waals surface area contributed by atoms with Crippen molar-refractivity contribution in [1.29, 1.82) is 0 Å². The molecule has 0 aliphatic carbocycles. The molecule has 0 amide bonds. The Bertz CT molecular complexity index is 553. The summed E-state index contributed by atoms with van der Waals surface area (Å²) in [5, 5.41) is 0.188. The third-order valence-corrected chi connectivity index (χ3v) is 2.95. The van der Waals surface area contributed by atoms with Gasteiger partial charge in [0.15, 0.2) is 5.75 Å². The van der Waals surface area contributed by atoms with Crippen molar-refractivity contribution in [3.05, 3.63) is 41.4 Å². The van der Waals surface area contributed by atoms with Crippen LogP contribution in [0, 0.1) is 0 Å². The van der Waals surface area contributed by atoms with E-state index in [-0.39, 0.29) is 11.4 Å². The highest BCUT2D eigenvalue weighted by atomic mass is 35.5. The molecule has 0 saturated heterocycles. The molecule has 2 rings (SSSR count). The fraction of sp³-hybridized carbons (Fsp3) is 0.286. The minimum Gasteiger partial charge on any atom is -0.497 e. The van der Waals surface area contributed by atoms with Gasteiger partial charge < -0.3 is 14.2 Å². The summed E-state index contributed by atoms with van der Waals surface area (Å²) in [4.78, 5) is 7.75. The summed E-state index contributed by atoms with van der Waals surface area (Å²) in [5.74, 6) is 1.97. The summed E-state index contributed by atoms with van der Waals surface area (Å²) in [7, 11) is 3.22. The molecular weight excluding hydrogens is 280 g/mol. The van der Waals surface area contributed by atoms with Gasteiger partial charge in [-0.1, -0.05) is 0 Å². The Morgan fingerprint density at radius 3 is 2.00 bits per heavy atom. The molecule has 0 spiro atoms. The molecule has 0 aliphatic rings. The highest BCUT2D eigenvalue weighted by Gasteiger charge is 2.11. The van der Waals surface area contributed by atoms with Crippen LogP contribution in [0.4, 0.5) is 0 Å². The lowest BCUT2D eigenvalue weighted by Crippen LogP contribution is -2.04. The molecule has 0 radical (unpaired) electrons. The van der Waals surface area contributed by atoms with E-state index in [1.54, 1.807) is 14.2 Å². The normalized spacial score (nSPS) is 11.8. The van der Waals surface area contributed by atoms with Gasteiger partial charge in [0, 0.05) is 6.07 Å². The maximum atomic E-state index is 5.76. The summed E-state index contributed by atoms with van der Waals surface area (Å²) in [5.41, 5.74) is 0.927. The van der Waals surface area contributed by atoms with Crippen molar-refractivity contribution in [3.63, 3.8) is 0 Å². The lowest BCUT2D eigenvalue weighted by Gasteiger charge is -2.16. The zero-order chi connectivity index (χ0) is 14.5. The van der Waals surface area contributed by atoms with E-state index in [2.05, 4.69) is 9.97 Å². The number of rotatable bonds is 5. The number of ether oxygens (including phenoxy) is 3. The standard InChI is InChI=1S/C14H15ClN2O3/c1-9(20-13-7-16-14(15)17-8-13)10-4-11(18-2)6-12(5-10)19-3/h4-9H,1-3H3. The van der Waals surface area contributed by atoms with Crippen LogP contribution in [-0.2, 0) is 0 Å². The van der Waals surface area contributed by atoms with Crippen LogP contribution in [0.2, 0.25) is 5.28 Å². The van der Waals surface area contributed by atoms with Crippen molar-refractivity contribution in [2.45, 2.75) is 13.0 Å². The average Bonchev–Trinajstić information content (AvgIpc) is 2.48. The van der Waals surface area contributed by atoms with E-state index < -0.39 is 0 Å². The second kappa shape index (κ2) is 6.43. The lowest BCUT2D eigenvalue weighted by atomic mass is 10.1. The molecule has 106 valence electrons. The molecule has 2 aromatic rings. The topological polar surface area (TPSA) is 53.5 Å². The number of hydrogen-bond acceptors (Lipinski definition) is 5. The molecule has 1 unspecified atom stereocenters. The first-order valence-corrected chi connectivity index (χ1v) is 6.37. The molecule has 1 heterocycles. The third-order valence-electron chi connectivity index (χ3n) is 2.75. The zero-order valence-electron chi connectivity index (χ0n) is 11.5. The molecular formula is C14H15ClN2O3. The van der Waals surface area contributed by atoms with Crippen molar-refractivity contribution in [2.24, 2.45) is 0 Å². The van der Waals surface area contributed by atoms with Gasteiger partial charge in [-0.3, -0.25) is 0 Å². The first-order chi connectivity index (χ1) is 9.62. The summed E-state index contributed by atoms with van der Waals surface area (Å²) in [6.07, 6.45) is 2.86. The molecule has 1 atom stereocenters. The van der Waals surface area contributed by atoms with Crippen molar-refractivity contribution < 1.29 is 14.2 Å². The van der Waals surface area contributed by atoms with Gasteiger partial charge in [0.05, 0.1) is 26.6 Å². The van der Waals surface area contributed by atoms with Crippen LogP contribution < -0.4 is 14.2 Å². The Morgan fingerprint density at radius 1 is 0.950 bits per heavy atom. The molecule has 20 heavy (non-hydrogen) atoms. The molecule has 0 bridgehead atoms. The van der Waals surface area contributed by atoms with Crippen molar-refractivity contribution in [1.82, 2.24) is 9.97 Å². The zero-order valence-corrected chi connectivity index (χ0v) is 12.2. The smallest absolute Gasteiger partial charge is 0.222 e. The average molecular weight is 295 g/mol. The van der Waals surface area contributed by atoms with Crippen LogP contribution in [-0.4, -0.2) is 24.2 Å². The van der Waals surface area contributed by atoms with Crippen molar-refractivity contribution in [2.75, 3.05) is 14.2 Å². The Balaban J connectivity index is 2.19. The summed E-state index contributed by atoms with van der Waals surface area (Å²) in [6.45, 7) is 1.92. The summed E-state index contributed by atoms with van der Waals surface area (Å²) in [6, 6.07) is 5.59. The maximum Gasteiger partial charge on any atom is 0.222 e. The molecule has 5 nitrogen and oxygen atoms in total. The SMILES string of the molecule is COc1cc(OC)cc(C(C)Oc2cnc(Cl)nc2)c1. The van der Waals surface area contributed by atoms with Gasteiger partial charge in [0.25, 0.3) is 0 Å². The predicted octanol–water partition coefficient (Wildman–Crippen LogP) is 3.29. The van der Waals surface area contributed by atoms with Gasteiger partial charge in [0.2, 0.25) is 5.28 Å². The van der Waals surface area contributed by atoms with Crippen LogP contribution in [0.1, 0.15) is 18.6 Å². The molecule has 1 aromatic carbocycles. The molecule has 0 fully saturated rings. The van der Waals surface area contributed by atoms with Crippen LogP contribution in [0.15, 0.2) is 30.6 Å². The number of nitrogens with zero attached hydrogens (tertiary/aromatic N) is 2. The monoisotopic (exact) mass is 294 g/mol. The second-order valence-electron chi connectivity index (χ2n) is 4.09. The van der Waals surface area contributed by atoms with Crippen molar-refractivity contribution >= 4 is 11.6 Å². The van der Waals surface area contributed by atoms with Crippen LogP contribution in [0.25, 0.3) is 0 Å². The Kier molecular flexibility index (Phi) is 4.63. The van der Waals surface area contributed by atoms with Crippen LogP contribution in [0.3, 0.4) is 0 Å². The lowest BCUT2D eigenvalue weighted by molar-refractivity contribution is 0.224. The van der Waals surface area contributed by atoms with E-state index in [4.69, 9.17) is 25.8 Å². The quantitative estimate of drug-likeness (QED) is 0.792. The van der Waals surface area contributed by atoms with Gasteiger partial charge in [-0.2, -0.15) is 0 Å². The minimum atomic E-state index is -0.205.